The van der Waals surface area contributed by atoms with Crippen LogP contribution in [-0.4, -0.2) is 14.0 Å². The highest BCUT2D eigenvalue weighted by Gasteiger charge is 2.18. The highest BCUT2D eigenvalue weighted by Crippen LogP contribution is 2.31. The second-order valence-corrected chi connectivity index (χ2v) is 7.86. The Morgan fingerprint density at radius 1 is 0.731 bits per heavy atom. The molecule has 0 atom stereocenters. The average molecular weight is 339 g/mol. The van der Waals surface area contributed by atoms with Crippen LogP contribution in [-0.2, 0) is 5.41 Å². The third-order valence-corrected chi connectivity index (χ3v) is 5.08. The number of imidazole rings is 2. The Morgan fingerprint density at radius 2 is 1.42 bits per heavy atom. The van der Waals surface area contributed by atoms with Crippen LogP contribution in [0, 0.1) is 0 Å². The number of hydrogen-bond donors (Lipinski definition) is 0. The molecule has 0 amide bonds. The van der Waals surface area contributed by atoms with Crippen LogP contribution in [0.5, 0.6) is 0 Å². The van der Waals surface area contributed by atoms with Crippen molar-refractivity contribution in [2.45, 2.75) is 26.2 Å². The second kappa shape index (κ2) is 5.21. The van der Waals surface area contributed by atoms with Gasteiger partial charge in [0.15, 0.2) is 0 Å². The molecule has 0 radical (unpaired) electrons. The third kappa shape index (κ3) is 2.10. The minimum atomic E-state index is 0.107. The van der Waals surface area contributed by atoms with Gasteiger partial charge in [-0.25, -0.2) is 4.98 Å². The molecule has 3 heteroatoms. The summed E-state index contributed by atoms with van der Waals surface area (Å²) in [6.07, 6.45) is 0. The normalized spacial score (nSPS) is 12.4. The fraction of sp³-hybridized carbons (Fsp3) is 0.174. The predicted molar refractivity (Wildman–Crippen MR) is 108 cm³/mol. The van der Waals surface area contributed by atoms with Gasteiger partial charge in [-0.15, -0.1) is 0 Å². The SMILES string of the molecule is CC(C)(C)c1cccc(-n2c3ccccc3n3c4ccccc4nc23)c1. The van der Waals surface area contributed by atoms with Gasteiger partial charge in [-0.05, 0) is 47.4 Å². The molecule has 0 aliphatic heterocycles. The lowest BCUT2D eigenvalue weighted by Crippen LogP contribution is -2.11. The van der Waals surface area contributed by atoms with Gasteiger partial charge in [-0.2, -0.15) is 0 Å². The first kappa shape index (κ1) is 15.2. The zero-order chi connectivity index (χ0) is 17.9. The van der Waals surface area contributed by atoms with Crippen molar-refractivity contribution >= 4 is 27.8 Å². The summed E-state index contributed by atoms with van der Waals surface area (Å²) >= 11 is 0. The number of rotatable bonds is 1. The Bertz CT molecular complexity index is 1270. The molecule has 5 aromatic rings. The number of hydrogen-bond acceptors (Lipinski definition) is 1. The Morgan fingerprint density at radius 3 is 2.19 bits per heavy atom. The summed E-state index contributed by atoms with van der Waals surface area (Å²) < 4.78 is 4.53. The molecular weight excluding hydrogens is 318 g/mol. The molecule has 0 aliphatic carbocycles. The van der Waals surface area contributed by atoms with Gasteiger partial charge in [0.1, 0.15) is 0 Å². The number of benzene rings is 3. The van der Waals surface area contributed by atoms with Crippen molar-refractivity contribution < 1.29 is 0 Å². The van der Waals surface area contributed by atoms with Crippen LogP contribution in [0.15, 0.2) is 72.8 Å². The van der Waals surface area contributed by atoms with Crippen molar-refractivity contribution in [2.24, 2.45) is 0 Å². The summed E-state index contributed by atoms with van der Waals surface area (Å²) in [6.45, 7) is 6.75. The molecule has 2 aromatic heterocycles. The van der Waals surface area contributed by atoms with E-state index < -0.39 is 0 Å². The molecule has 0 aliphatic rings. The van der Waals surface area contributed by atoms with Gasteiger partial charge in [-0.3, -0.25) is 8.97 Å². The molecule has 0 N–H and O–H groups in total. The summed E-state index contributed by atoms with van der Waals surface area (Å²) in [5.41, 5.74) is 7.10. The maximum Gasteiger partial charge on any atom is 0.220 e. The van der Waals surface area contributed by atoms with Crippen LogP contribution < -0.4 is 0 Å². The van der Waals surface area contributed by atoms with Crippen molar-refractivity contribution in [3.8, 4) is 5.69 Å². The average Bonchev–Trinajstić information content (AvgIpc) is 3.15. The van der Waals surface area contributed by atoms with Crippen molar-refractivity contribution in [1.82, 2.24) is 14.0 Å². The highest BCUT2D eigenvalue weighted by molar-refractivity contribution is 5.92. The van der Waals surface area contributed by atoms with Crippen LogP contribution in [0.2, 0.25) is 0 Å². The van der Waals surface area contributed by atoms with Gasteiger partial charge in [0.05, 0.1) is 22.1 Å². The second-order valence-electron chi connectivity index (χ2n) is 7.86. The summed E-state index contributed by atoms with van der Waals surface area (Å²) in [5, 5.41) is 0. The lowest BCUT2D eigenvalue weighted by atomic mass is 9.87. The van der Waals surface area contributed by atoms with E-state index in [4.69, 9.17) is 4.98 Å². The van der Waals surface area contributed by atoms with Gasteiger partial charge in [-0.1, -0.05) is 57.2 Å². The molecule has 0 saturated carbocycles. The van der Waals surface area contributed by atoms with E-state index in [0.717, 1.165) is 22.5 Å². The van der Waals surface area contributed by atoms with Crippen molar-refractivity contribution in [1.29, 1.82) is 0 Å². The van der Waals surface area contributed by atoms with E-state index >= 15 is 0 Å². The minimum Gasteiger partial charge on any atom is -0.278 e. The smallest absolute Gasteiger partial charge is 0.220 e. The Balaban J connectivity index is 1.93. The van der Waals surface area contributed by atoms with E-state index in [2.05, 4.69) is 96.5 Å². The number of nitrogens with zero attached hydrogens (tertiary/aromatic N) is 3. The first-order valence-electron chi connectivity index (χ1n) is 9.01. The zero-order valence-electron chi connectivity index (χ0n) is 15.3. The highest BCUT2D eigenvalue weighted by atomic mass is 15.2. The van der Waals surface area contributed by atoms with Crippen LogP contribution >= 0.6 is 0 Å². The largest absolute Gasteiger partial charge is 0.278 e. The molecule has 2 heterocycles. The number of fused-ring (bicyclic) bond motifs is 5. The molecule has 3 aromatic carbocycles. The van der Waals surface area contributed by atoms with Crippen LogP contribution in [0.3, 0.4) is 0 Å². The molecule has 0 bridgehead atoms. The number of para-hydroxylation sites is 4. The van der Waals surface area contributed by atoms with Gasteiger partial charge >= 0.3 is 0 Å². The summed E-state index contributed by atoms with van der Waals surface area (Å²) in [4.78, 5) is 4.95. The van der Waals surface area contributed by atoms with E-state index in [1.54, 1.807) is 0 Å². The molecule has 3 nitrogen and oxygen atoms in total. The molecule has 5 rings (SSSR count). The quantitative estimate of drug-likeness (QED) is 0.382. The molecule has 0 unspecified atom stereocenters. The van der Waals surface area contributed by atoms with Gasteiger partial charge < -0.3 is 0 Å². The van der Waals surface area contributed by atoms with Crippen molar-refractivity contribution in [2.75, 3.05) is 0 Å². The first-order valence-corrected chi connectivity index (χ1v) is 9.01. The monoisotopic (exact) mass is 339 g/mol. The van der Waals surface area contributed by atoms with E-state index in [1.807, 2.05) is 6.07 Å². The fourth-order valence-electron chi connectivity index (χ4n) is 3.72. The summed E-state index contributed by atoms with van der Waals surface area (Å²) in [5.74, 6) is 0.957. The van der Waals surface area contributed by atoms with Crippen LogP contribution in [0.1, 0.15) is 26.3 Å². The first-order chi connectivity index (χ1) is 12.5. The Labute approximate surface area is 152 Å². The fourth-order valence-corrected chi connectivity index (χ4v) is 3.72. The predicted octanol–water partition coefficient (Wildman–Crippen LogP) is 5.73. The third-order valence-electron chi connectivity index (χ3n) is 5.08. The standard InChI is InChI=1S/C23H21N3/c1-23(2,3)16-9-8-10-17(15-16)25-20-13-6-7-14-21(20)26-19-12-5-4-11-18(19)24-22(25)26/h4-15H,1-3H3. The molecule has 0 saturated heterocycles. The molecule has 128 valence electrons. The topological polar surface area (TPSA) is 22.2 Å². The zero-order valence-corrected chi connectivity index (χ0v) is 15.3. The Hall–Kier alpha value is -3.07. The van der Waals surface area contributed by atoms with E-state index in [9.17, 15) is 0 Å². The lowest BCUT2D eigenvalue weighted by Gasteiger charge is -2.20. The van der Waals surface area contributed by atoms with Gasteiger partial charge in [0.25, 0.3) is 0 Å². The summed E-state index contributed by atoms with van der Waals surface area (Å²) in [6, 6.07) is 25.6. The minimum absolute atomic E-state index is 0.107. The maximum absolute atomic E-state index is 4.95. The van der Waals surface area contributed by atoms with E-state index in [-0.39, 0.29) is 5.41 Å². The summed E-state index contributed by atoms with van der Waals surface area (Å²) in [7, 11) is 0. The molecule has 26 heavy (non-hydrogen) atoms. The number of aromatic nitrogens is 3. The maximum atomic E-state index is 4.95. The van der Waals surface area contributed by atoms with Gasteiger partial charge in [0.2, 0.25) is 5.78 Å². The molecule has 0 fully saturated rings. The Kier molecular flexibility index (Phi) is 3.05. The molecular formula is C23H21N3. The van der Waals surface area contributed by atoms with E-state index in [1.165, 1.54) is 16.6 Å². The van der Waals surface area contributed by atoms with Crippen molar-refractivity contribution in [3.63, 3.8) is 0 Å². The molecule has 0 spiro atoms. The van der Waals surface area contributed by atoms with Crippen LogP contribution in [0.25, 0.3) is 33.5 Å². The van der Waals surface area contributed by atoms with E-state index in [0.29, 0.717) is 0 Å². The van der Waals surface area contributed by atoms with Crippen molar-refractivity contribution in [3.05, 3.63) is 78.4 Å². The lowest BCUT2D eigenvalue weighted by molar-refractivity contribution is 0.590. The van der Waals surface area contributed by atoms with Gasteiger partial charge in [0, 0.05) is 5.69 Å². The van der Waals surface area contributed by atoms with Crippen LogP contribution in [0.4, 0.5) is 0 Å².